The molecule has 1 unspecified atom stereocenters. The highest BCUT2D eigenvalue weighted by atomic mass is 35.5. The Morgan fingerprint density at radius 3 is 2.33 bits per heavy atom. The van der Waals surface area contributed by atoms with E-state index in [0.717, 1.165) is 17.0 Å². The standard InChI is InChI=1S/C18H15Cl3N2O/c1-24-18(11-17-22-8-9-23-17,12-2-4-13(19)5-3-12)15-7-6-14(20)10-16(15)21/h2-10H,11H2,1H3,(H,22,23). The van der Waals surface area contributed by atoms with Crippen molar-refractivity contribution in [2.45, 2.75) is 12.0 Å². The highest BCUT2D eigenvalue weighted by Gasteiger charge is 2.37. The fourth-order valence-electron chi connectivity index (χ4n) is 2.82. The summed E-state index contributed by atoms with van der Waals surface area (Å²) >= 11 is 18.6. The Balaban J connectivity index is 2.19. The molecule has 3 rings (SSSR count). The Bertz CT molecular complexity index is 819. The number of nitrogens with zero attached hydrogens (tertiary/aromatic N) is 1. The van der Waals surface area contributed by atoms with Gasteiger partial charge in [-0.25, -0.2) is 4.98 Å². The van der Waals surface area contributed by atoms with Crippen LogP contribution in [0.1, 0.15) is 17.0 Å². The second-order valence-electron chi connectivity index (χ2n) is 5.37. The molecule has 1 atom stereocenters. The molecule has 0 saturated heterocycles. The third-order valence-electron chi connectivity index (χ3n) is 4.00. The van der Waals surface area contributed by atoms with E-state index < -0.39 is 5.60 Å². The maximum Gasteiger partial charge on any atom is 0.126 e. The number of aromatic amines is 1. The molecule has 0 aliphatic rings. The Hall–Kier alpha value is -1.52. The van der Waals surface area contributed by atoms with E-state index in [1.165, 1.54) is 0 Å². The molecule has 124 valence electrons. The first kappa shape index (κ1) is 17.3. The smallest absolute Gasteiger partial charge is 0.126 e. The quantitative estimate of drug-likeness (QED) is 0.633. The molecule has 3 nitrogen and oxygen atoms in total. The summed E-state index contributed by atoms with van der Waals surface area (Å²) in [6.07, 6.45) is 3.97. The van der Waals surface area contributed by atoms with Gasteiger partial charge >= 0.3 is 0 Å². The van der Waals surface area contributed by atoms with Crippen LogP contribution in [0.2, 0.25) is 15.1 Å². The number of H-pyrrole nitrogens is 1. The molecule has 0 aliphatic heterocycles. The largest absolute Gasteiger partial charge is 0.368 e. The maximum absolute atomic E-state index is 6.49. The van der Waals surface area contributed by atoms with Gasteiger partial charge in [0, 0.05) is 46.6 Å². The van der Waals surface area contributed by atoms with Gasteiger partial charge in [0.25, 0.3) is 0 Å². The number of hydrogen-bond acceptors (Lipinski definition) is 2. The number of rotatable bonds is 5. The molecule has 1 N–H and O–H groups in total. The number of benzene rings is 2. The van der Waals surface area contributed by atoms with Crippen LogP contribution in [-0.4, -0.2) is 17.1 Å². The highest BCUT2D eigenvalue weighted by Crippen LogP contribution is 2.40. The number of halogens is 3. The molecule has 0 saturated carbocycles. The molecule has 1 aromatic heterocycles. The van der Waals surface area contributed by atoms with Crippen molar-refractivity contribution in [3.63, 3.8) is 0 Å². The second kappa shape index (κ2) is 7.16. The van der Waals surface area contributed by atoms with E-state index in [9.17, 15) is 0 Å². The van der Waals surface area contributed by atoms with Crippen molar-refractivity contribution in [2.24, 2.45) is 0 Å². The van der Waals surface area contributed by atoms with Crippen LogP contribution in [0, 0.1) is 0 Å². The van der Waals surface area contributed by atoms with Crippen molar-refractivity contribution in [3.8, 4) is 0 Å². The number of imidazole rings is 1. The Morgan fingerprint density at radius 1 is 1.04 bits per heavy atom. The average Bonchev–Trinajstić information content (AvgIpc) is 3.07. The predicted octanol–water partition coefficient (Wildman–Crippen LogP) is 5.50. The van der Waals surface area contributed by atoms with Gasteiger partial charge in [-0.2, -0.15) is 0 Å². The van der Waals surface area contributed by atoms with Crippen LogP contribution in [0.5, 0.6) is 0 Å². The van der Waals surface area contributed by atoms with Crippen LogP contribution in [0.4, 0.5) is 0 Å². The summed E-state index contributed by atoms with van der Waals surface area (Å²) in [6, 6.07) is 12.9. The number of methoxy groups -OCH3 is 1. The monoisotopic (exact) mass is 380 g/mol. The van der Waals surface area contributed by atoms with Gasteiger partial charge in [-0.1, -0.05) is 53.0 Å². The number of nitrogens with one attached hydrogen (secondary N) is 1. The third kappa shape index (κ3) is 3.31. The first-order valence-electron chi connectivity index (χ1n) is 7.30. The minimum atomic E-state index is -0.815. The lowest BCUT2D eigenvalue weighted by Crippen LogP contribution is -2.33. The molecule has 0 fully saturated rings. The molecule has 0 aliphatic carbocycles. The summed E-state index contributed by atoms with van der Waals surface area (Å²) in [6.45, 7) is 0. The zero-order valence-corrected chi connectivity index (χ0v) is 15.2. The van der Waals surface area contributed by atoms with Gasteiger partial charge in [0.1, 0.15) is 11.4 Å². The summed E-state index contributed by atoms with van der Waals surface area (Å²) in [5.74, 6) is 0.790. The molecular weight excluding hydrogens is 367 g/mol. The molecule has 0 radical (unpaired) electrons. The lowest BCUT2D eigenvalue weighted by molar-refractivity contribution is 0.0208. The van der Waals surface area contributed by atoms with Gasteiger partial charge in [0.2, 0.25) is 0 Å². The number of hydrogen-bond donors (Lipinski definition) is 1. The van der Waals surface area contributed by atoms with Crippen molar-refractivity contribution in [2.75, 3.05) is 7.11 Å². The molecular formula is C18H15Cl3N2O. The van der Waals surface area contributed by atoms with Crippen LogP contribution >= 0.6 is 34.8 Å². The summed E-state index contributed by atoms with van der Waals surface area (Å²) in [5, 5.41) is 1.76. The van der Waals surface area contributed by atoms with Crippen LogP contribution < -0.4 is 0 Å². The SMILES string of the molecule is COC(Cc1ncc[nH]1)(c1ccc(Cl)cc1)c1ccc(Cl)cc1Cl. The summed E-state index contributed by atoms with van der Waals surface area (Å²) in [4.78, 5) is 7.46. The van der Waals surface area contributed by atoms with E-state index in [1.54, 1.807) is 31.6 Å². The molecule has 0 spiro atoms. The second-order valence-corrected chi connectivity index (χ2v) is 6.65. The van der Waals surface area contributed by atoms with Gasteiger partial charge in [-0.3, -0.25) is 0 Å². The van der Waals surface area contributed by atoms with E-state index in [-0.39, 0.29) is 0 Å². The van der Waals surface area contributed by atoms with E-state index in [0.29, 0.717) is 21.5 Å². The van der Waals surface area contributed by atoms with Crippen LogP contribution in [0.3, 0.4) is 0 Å². The van der Waals surface area contributed by atoms with E-state index in [1.807, 2.05) is 30.3 Å². The van der Waals surface area contributed by atoms with Gasteiger partial charge in [-0.15, -0.1) is 0 Å². The molecule has 3 aromatic rings. The maximum atomic E-state index is 6.49. The zero-order valence-electron chi connectivity index (χ0n) is 12.9. The molecule has 24 heavy (non-hydrogen) atoms. The van der Waals surface area contributed by atoms with Crippen molar-refractivity contribution in [1.29, 1.82) is 0 Å². The van der Waals surface area contributed by atoms with Crippen molar-refractivity contribution < 1.29 is 4.74 Å². The van der Waals surface area contributed by atoms with Crippen molar-refractivity contribution in [1.82, 2.24) is 9.97 Å². The minimum absolute atomic E-state index is 0.486. The fraction of sp³-hybridized carbons (Fsp3) is 0.167. The molecule has 2 aromatic carbocycles. The van der Waals surface area contributed by atoms with E-state index >= 15 is 0 Å². The highest BCUT2D eigenvalue weighted by molar-refractivity contribution is 6.35. The van der Waals surface area contributed by atoms with Gasteiger partial charge in [0.05, 0.1) is 0 Å². The normalized spacial score (nSPS) is 13.7. The topological polar surface area (TPSA) is 37.9 Å². The minimum Gasteiger partial charge on any atom is -0.368 e. The zero-order chi connectivity index (χ0) is 17.2. The number of aromatic nitrogens is 2. The Morgan fingerprint density at radius 2 is 1.75 bits per heavy atom. The molecule has 1 heterocycles. The Kier molecular flexibility index (Phi) is 5.16. The lowest BCUT2D eigenvalue weighted by atomic mass is 9.83. The third-order valence-corrected chi connectivity index (χ3v) is 4.80. The van der Waals surface area contributed by atoms with Crippen molar-refractivity contribution >= 4 is 34.8 Å². The van der Waals surface area contributed by atoms with Gasteiger partial charge in [0.15, 0.2) is 0 Å². The molecule has 6 heteroatoms. The Labute approximate surface area is 155 Å². The summed E-state index contributed by atoms with van der Waals surface area (Å²) in [5.41, 5.74) is 0.925. The number of ether oxygens (including phenoxy) is 1. The van der Waals surface area contributed by atoms with Crippen LogP contribution in [0.25, 0.3) is 0 Å². The average molecular weight is 382 g/mol. The van der Waals surface area contributed by atoms with Crippen LogP contribution in [0.15, 0.2) is 54.9 Å². The summed E-state index contributed by atoms with van der Waals surface area (Å²) < 4.78 is 6.01. The first-order valence-corrected chi connectivity index (χ1v) is 8.43. The van der Waals surface area contributed by atoms with Crippen LogP contribution in [-0.2, 0) is 16.8 Å². The van der Waals surface area contributed by atoms with E-state index in [2.05, 4.69) is 9.97 Å². The first-order chi connectivity index (χ1) is 11.5. The fourth-order valence-corrected chi connectivity index (χ4v) is 3.51. The lowest BCUT2D eigenvalue weighted by Gasteiger charge is -2.34. The molecule has 0 amide bonds. The van der Waals surface area contributed by atoms with Gasteiger partial charge in [-0.05, 0) is 29.8 Å². The predicted molar refractivity (Wildman–Crippen MR) is 98.0 cm³/mol. The van der Waals surface area contributed by atoms with Gasteiger partial charge < -0.3 is 9.72 Å². The molecule has 0 bridgehead atoms. The summed E-state index contributed by atoms with van der Waals surface area (Å²) in [7, 11) is 1.66. The van der Waals surface area contributed by atoms with Crippen molar-refractivity contribution in [3.05, 3.63) is 86.9 Å². The van der Waals surface area contributed by atoms with E-state index in [4.69, 9.17) is 39.5 Å².